The van der Waals surface area contributed by atoms with E-state index < -0.39 is 16.0 Å². The molecule has 2 aromatic carbocycles. The van der Waals surface area contributed by atoms with Gasteiger partial charge in [0.25, 0.3) is 10.0 Å². The number of esters is 1. The van der Waals surface area contributed by atoms with Gasteiger partial charge in [0.15, 0.2) is 0 Å². The van der Waals surface area contributed by atoms with E-state index in [2.05, 4.69) is 0 Å². The number of aryl methyl sites for hydroxylation is 3. The number of rotatable bonds is 6. The largest absolute Gasteiger partial charge is 0.465 e. The average Bonchev–Trinajstić information content (AvgIpc) is 2.54. The third-order valence-corrected chi connectivity index (χ3v) is 5.55. The van der Waals surface area contributed by atoms with Crippen LogP contribution in [0.4, 0.5) is 5.69 Å². The zero-order valence-corrected chi connectivity index (χ0v) is 15.8. The first-order chi connectivity index (χ1) is 11.8. The van der Waals surface area contributed by atoms with Crippen molar-refractivity contribution in [2.45, 2.75) is 32.6 Å². The molecular weight excluding hydrogens is 338 g/mol. The summed E-state index contributed by atoms with van der Waals surface area (Å²) < 4.78 is 32.5. The van der Waals surface area contributed by atoms with E-state index in [1.807, 2.05) is 32.9 Å². The normalized spacial score (nSPS) is 11.2. The predicted molar refractivity (Wildman–Crippen MR) is 98.3 cm³/mol. The van der Waals surface area contributed by atoms with Crippen LogP contribution in [0, 0.1) is 20.8 Å². The Kier molecular flexibility index (Phi) is 5.85. The molecule has 0 atom stereocenters. The first-order valence-corrected chi connectivity index (χ1v) is 9.52. The second-order valence-corrected chi connectivity index (χ2v) is 7.74. The zero-order valence-electron chi connectivity index (χ0n) is 14.9. The van der Waals surface area contributed by atoms with Crippen LogP contribution >= 0.6 is 0 Å². The summed E-state index contributed by atoms with van der Waals surface area (Å²) >= 11 is 0. The zero-order chi connectivity index (χ0) is 18.6. The first kappa shape index (κ1) is 19.0. The lowest BCUT2D eigenvalue weighted by Crippen LogP contribution is -2.37. The van der Waals surface area contributed by atoms with Crippen molar-refractivity contribution in [2.75, 3.05) is 17.5 Å². The monoisotopic (exact) mass is 361 g/mol. The molecule has 0 saturated carbocycles. The Bertz CT molecular complexity index is 837. The van der Waals surface area contributed by atoms with Crippen LogP contribution in [0.25, 0.3) is 0 Å². The summed E-state index contributed by atoms with van der Waals surface area (Å²) in [5, 5.41) is 0. The van der Waals surface area contributed by atoms with Crippen LogP contribution < -0.4 is 4.31 Å². The molecule has 0 radical (unpaired) electrons. The van der Waals surface area contributed by atoms with Crippen molar-refractivity contribution in [2.24, 2.45) is 0 Å². The van der Waals surface area contributed by atoms with Crippen LogP contribution in [-0.4, -0.2) is 27.5 Å². The van der Waals surface area contributed by atoms with E-state index in [9.17, 15) is 13.2 Å². The molecule has 25 heavy (non-hydrogen) atoms. The maximum Gasteiger partial charge on any atom is 0.326 e. The Morgan fingerprint density at radius 3 is 2.12 bits per heavy atom. The van der Waals surface area contributed by atoms with Crippen LogP contribution in [0.1, 0.15) is 23.6 Å². The van der Waals surface area contributed by atoms with E-state index in [4.69, 9.17) is 4.74 Å². The average molecular weight is 361 g/mol. The highest BCUT2D eigenvalue weighted by Gasteiger charge is 2.29. The topological polar surface area (TPSA) is 63.7 Å². The highest BCUT2D eigenvalue weighted by Crippen LogP contribution is 2.31. The quantitative estimate of drug-likeness (QED) is 0.740. The maximum absolute atomic E-state index is 13.2. The molecule has 0 fully saturated rings. The lowest BCUT2D eigenvalue weighted by atomic mass is 10.1. The number of anilines is 1. The summed E-state index contributed by atoms with van der Waals surface area (Å²) in [5.41, 5.74) is 3.14. The van der Waals surface area contributed by atoms with Gasteiger partial charge >= 0.3 is 5.97 Å². The Labute approximate surface area is 149 Å². The first-order valence-electron chi connectivity index (χ1n) is 8.08. The molecule has 2 aromatic rings. The molecule has 0 saturated heterocycles. The third kappa shape index (κ3) is 4.20. The number of sulfonamides is 1. The number of benzene rings is 2. The van der Waals surface area contributed by atoms with E-state index in [1.54, 1.807) is 25.1 Å². The predicted octanol–water partition coefficient (Wildman–Crippen LogP) is 3.37. The molecule has 0 spiro atoms. The second-order valence-electron chi connectivity index (χ2n) is 5.88. The molecular formula is C19H23NO4S. The van der Waals surface area contributed by atoms with Crippen molar-refractivity contribution in [1.29, 1.82) is 0 Å². The summed E-state index contributed by atoms with van der Waals surface area (Å²) in [5.74, 6) is -0.582. The maximum atomic E-state index is 13.2. The number of hydrogen-bond donors (Lipinski definition) is 0. The molecule has 0 unspecified atom stereocenters. The number of hydrogen-bond acceptors (Lipinski definition) is 4. The molecule has 2 rings (SSSR count). The van der Waals surface area contributed by atoms with Crippen molar-refractivity contribution in [3.05, 3.63) is 59.2 Å². The minimum Gasteiger partial charge on any atom is -0.465 e. The Morgan fingerprint density at radius 2 is 1.60 bits per heavy atom. The molecule has 0 amide bonds. The van der Waals surface area contributed by atoms with Crippen LogP contribution in [0.15, 0.2) is 47.4 Å². The van der Waals surface area contributed by atoms with Gasteiger partial charge in [0.2, 0.25) is 0 Å². The third-order valence-electron chi connectivity index (χ3n) is 3.79. The van der Waals surface area contributed by atoms with Crippen LogP contribution in [0.2, 0.25) is 0 Å². The van der Waals surface area contributed by atoms with Crippen molar-refractivity contribution in [3.63, 3.8) is 0 Å². The van der Waals surface area contributed by atoms with Gasteiger partial charge in [0.05, 0.1) is 17.2 Å². The number of carbonyl (C=O) groups is 1. The van der Waals surface area contributed by atoms with Gasteiger partial charge in [-0.15, -0.1) is 0 Å². The van der Waals surface area contributed by atoms with Gasteiger partial charge in [-0.05, 0) is 51.0 Å². The molecule has 0 heterocycles. The summed E-state index contributed by atoms with van der Waals surface area (Å²) in [6.07, 6.45) is 0. The summed E-state index contributed by atoms with van der Waals surface area (Å²) in [6.45, 7) is 7.16. The fourth-order valence-corrected chi connectivity index (χ4v) is 4.45. The van der Waals surface area contributed by atoms with Gasteiger partial charge in [0, 0.05) is 0 Å². The molecule has 0 aromatic heterocycles. The molecule has 0 bridgehead atoms. The smallest absolute Gasteiger partial charge is 0.326 e. The van der Waals surface area contributed by atoms with Gasteiger partial charge in [-0.1, -0.05) is 35.9 Å². The highest BCUT2D eigenvalue weighted by molar-refractivity contribution is 7.92. The van der Waals surface area contributed by atoms with Gasteiger partial charge in [-0.25, -0.2) is 8.42 Å². The summed E-state index contributed by atoms with van der Waals surface area (Å²) in [4.78, 5) is 12.2. The van der Waals surface area contributed by atoms with E-state index in [0.717, 1.165) is 21.0 Å². The van der Waals surface area contributed by atoms with E-state index in [1.165, 1.54) is 12.1 Å². The number of ether oxygens (including phenoxy) is 1. The van der Waals surface area contributed by atoms with E-state index in [0.29, 0.717) is 5.69 Å². The van der Waals surface area contributed by atoms with Crippen molar-refractivity contribution in [3.8, 4) is 0 Å². The van der Waals surface area contributed by atoms with Crippen LogP contribution in [0.5, 0.6) is 0 Å². The fraction of sp³-hybridized carbons (Fsp3) is 0.316. The molecule has 5 nitrogen and oxygen atoms in total. The van der Waals surface area contributed by atoms with Crippen molar-refractivity contribution < 1.29 is 17.9 Å². The molecule has 0 N–H and O–H groups in total. The van der Waals surface area contributed by atoms with Gasteiger partial charge in [-0.3, -0.25) is 9.10 Å². The minimum absolute atomic E-state index is 0.138. The van der Waals surface area contributed by atoms with Crippen molar-refractivity contribution >= 4 is 21.7 Å². The Hall–Kier alpha value is -2.34. The van der Waals surface area contributed by atoms with Crippen LogP contribution in [0.3, 0.4) is 0 Å². The number of carbonyl (C=O) groups excluding carboxylic acids is 1. The molecule has 134 valence electrons. The van der Waals surface area contributed by atoms with Crippen molar-refractivity contribution in [1.82, 2.24) is 0 Å². The summed E-state index contributed by atoms with van der Waals surface area (Å²) in [6, 6.07) is 11.9. The Morgan fingerprint density at radius 1 is 1.04 bits per heavy atom. The molecule has 6 heteroatoms. The Balaban J connectivity index is 2.61. The molecule has 0 aliphatic rings. The van der Waals surface area contributed by atoms with Gasteiger partial charge in [-0.2, -0.15) is 0 Å². The van der Waals surface area contributed by atoms with E-state index in [-0.39, 0.29) is 18.0 Å². The van der Waals surface area contributed by atoms with Gasteiger partial charge < -0.3 is 4.74 Å². The SMILES string of the molecule is CCOC(=O)CN(c1c(C)cc(C)cc1C)S(=O)(=O)c1ccccc1. The van der Waals surface area contributed by atoms with E-state index >= 15 is 0 Å². The lowest BCUT2D eigenvalue weighted by Gasteiger charge is -2.27. The highest BCUT2D eigenvalue weighted by atomic mass is 32.2. The fourth-order valence-electron chi connectivity index (χ4n) is 2.89. The second kappa shape index (κ2) is 7.70. The molecule has 0 aliphatic carbocycles. The van der Waals surface area contributed by atoms with Gasteiger partial charge in [0.1, 0.15) is 6.54 Å². The lowest BCUT2D eigenvalue weighted by molar-refractivity contribution is -0.141. The van der Waals surface area contributed by atoms with Crippen LogP contribution in [-0.2, 0) is 19.6 Å². The molecule has 0 aliphatic heterocycles. The standard InChI is InChI=1S/C19H23NO4S/c1-5-24-18(21)13-20(19-15(3)11-14(2)12-16(19)4)25(22,23)17-9-7-6-8-10-17/h6-12H,5,13H2,1-4H3. The minimum atomic E-state index is -3.89. The summed E-state index contributed by atoms with van der Waals surface area (Å²) in [7, 11) is -3.89. The number of nitrogens with zero attached hydrogens (tertiary/aromatic N) is 1.